The smallest absolute Gasteiger partial charge is 0.161 e. The van der Waals surface area contributed by atoms with Crippen LogP contribution in [0, 0.1) is 0 Å². The van der Waals surface area contributed by atoms with E-state index in [1.807, 2.05) is 6.07 Å². The van der Waals surface area contributed by atoms with Gasteiger partial charge in [-0.05, 0) is 67.4 Å². The van der Waals surface area contributed by atoms with Gasteiger partial charge in [0.05, 0.1) is 11.4 Å². The second kappa shape index (κ2) is 11.5. The maximum absolute atomic E-state index is 5.30. The van der Waals surface area contributed by atoms with Crippen molar-refractivity contribution in [2.24, 2.45) is 0 Å². The highest BCUT2D eigenvalue weighted by Gasteiger charge is 2.38. The number of hydrogen-bond donors (Lipinski definition) is 0. The number of hydrogen-bond acceptors (Lipinski definition) is 2. The van der Waals surface area contributed by atoms with E-state index in [4.69, 9.17) is 9.97 Å². The van der Waals surface area contributed by atoms with E-state index in [2.05, 4.69) is 178 Å². The number of rotatable bonds is 5. The molecular formula is C47H34N2. The summed E-state index contributed by atoms with van der Waals surface area (Å²) in [6, 6.07) is 60.5. The van der Waals surface area contributed by atoms with Crippen LogP contribution in [0.15, 0.2) is 170 Å². The minimum Gasteiger partial charge on any atom is -0.228 e. The molecule has 9 rings (SSSR count). The van der Waals surface area contributed by atoms with Crippen molar-refractivity contribution in [3.8, 4) is 67.3 Å². The summed E-state index contributed by atoms with van der Waals surface area (Å²) in [4.78, 5) is 10.6. The summed E-state index contributed by atoms with van der Waals surface area (Å²) in [6.45, 7) is 4.71. The third-order valence-electron chi connectivity index (χ3n) is 10.1. The summed E-state index contributed by atoms with van der Waals surface area (Å²) >= 11 is 0. The van der Waals surface area contributed by atoms with Crippen molar-refractivity contribution in [2.75, 3.05) is 0 Å². The largest absolute Gasteiger partial charge is 0.228 e. The van der Waals surface area contributed by atoms with E-state index in [1.54, 1.807) is 0 Å². The van der Waals surface area contributed by atoms with Crippen molar-refractivity contribution in [2.45, 2.75) is 19.3 Å². The standard InChI is InChI=1S/C47H34N2/c1-47(2)41-20-12-19-40(44(41)39-28-26-37-29-36(25-27-38(37)45(39)47)32-15-8-4-9-16-32)46-48-42(34-17-10-5-11-18-34)30-43(49-46)35-23-21-33(22-24-35)31-13-6-3-7-14-31/h3-30H,1-2H3. The fourth-order valence-corrected chi connectivity index (χ4v) is 7.64. The van der Waals surface area contributed by atoms with Gasteiger partial charge in [-0.1, -0.05) is 172 Å². The first-order valence-electron chi connectivity index (χ1n) is 16.9. The van der Waals surface area contributed by atoms with E-state index < -0.39 is 0 Å². The summed E-state index contributed by atoms with van der Waals surface area (Å²) in [5.41, 5.74) is 14.8. The molecule has 0 bridgehead atoms. The van der Waals surface area contributed by atoms with Gasteiger partial charge >= 0.3 is 0 Å². The Bertz CT molecular complexity index is 2480. The van der Waals surface area contributed by atoms with Gasteiger partial charge in [0.25, 0.3) is 0 Å². The number of nitrogens with zero attached hydrogens (tertiary/aromatic N) is 2. The molecule has 0 amide bonds. The summed E-state index contributed by atoms with van der Waals surface area (Å²) < 4.78 is 0. The summed E-state index contributed by atoms with van der Waals surface area (Å²) in [7, 11) is 0. The van der Waals surface area contributed by atoms with Crippen molar-refractivity contribution < 1.29 is 0 Å². The van der Waals surface area contributed by atoms with E-state index in [0.717, 1.165) is 33.9 Å². The second-order valence-corrected chi connectivity index (χ2v) is 13.4. The molecule has 49 heavy (non-hydrogen) atoms. The third kappa shape index (κ3) is 4.96. The molecule has 1 aliphatic rings. The average Bonchev–Trinajstić information content (AvgIpc) is 3.42. The fraction of sp³-hybridized carbons (Fsp3) is 0.0638. The molecule has 1 aliphatic carbocycles. The molecule has 0 radical (unpaired) electrons. The molecule has 0 atom stereocenters. The van der Waals surface area contributed by atoms with E-state index >= 15 is 0 Å². The molecule has 0 aliphatic heterocycles. The Hall–Kier alpha value is -6.12. The molecule has 8 aromatic rings. The molecule has 0 saturated heterocycles. The van der Waals surface area contributed by atoms with E-state index in [0.29, 0.717) is 0 Å². The molecule has 232 valence electrons. The van der Waals surface area contributed by atoms with Gasteiger partial charge in [0.1, 0.15) is 0 Å². The Morgan fingerprint density at radius 3 is 1.59 bits per heavy atom. The first-order valence-corrected chi connectivity index (χ1v) is 16.9. The molecule has 1 aromatic heterocycles. The molecule has 2 heteroatoms. The molecule has 0 spiro atoms. The molecular weight excluding hydrogens is 593 g/mol. The normalized spacial score (nSPS) is 12.9. The van der Waals surface area contributed by atoms with Crippen LogP contribution in [-0.2, 0) is 5.41 Å². The number of benzene rings is 7. The summed E-state index contributed by atoms with van der Waals surface area (Å²) in [5.74, 6) is 0.739. The van der Waals surface area contributed by atoms with Gasteiger partial charge in [0.2, 0.25) is 0 Å². The Balaban J connectivity index is 1.21. The quantitative estimate of drug-likeness (QED) is 0.190. The van der Waals surface area contributed by atoms with Crippen LogP contribution in [0.3, 0.4) is 0 Å². The Morgan fingerprint density at radius 1 is 0.408 bits per heavy atom. The monoisotopic (exact) mass is 626 g/mol. The van der Waals surface area contributed by atoms with Gasteiger partial charge in [0.15, 0.2) is 5.82 Å². The lowest BCUT2D eigenvalue weighted by Crippen LogP contribution is -2.15. The maximum Gasteiger partial charge on any atom is 0.161 e. The maximum atomic E-state index is 5.30. The van der Waals surface area contributed by atoms with Gasteiger partial charge in [-0.25, -0.2) is 9.97 Å². The molecule has 2 nitrogen and oxygen atoms in total. The number of aromatic nitrogens is 2. The van der Waals surface area contributed by atoms with Crippen molar-refractivity contribution >= 4 is 10.8 Å². The predicted molar refractivity (Wildman–Crippen MR) is 204 cm³/mol. The van der Waals surface area contributed by atoms with Crippen molar-refractivity contribution in [3.63, 3.8) is 0 Å². The van der Waals surface area contributed by atoms with Crippen LogP contribution in [0.2, 0.25) is 0 Å². The van der Waals surface area contributed by atoms with Gasteiger partial charge in [-0.2, -0.15) is 0 Å². The minimum absolute atomic E-state index is 0.193. The van der Waals surface area contributed by atoms with Gasteiger partial charge in [-0.15, -0.1) is 0 Å². The van der Waals surface area contributed by atoms with Crippen LogP contribution < -0.4 is 0 Å². The van der Waals surface area contributed by atoms with Crippen molar-refractivity contribution in [1.29, 1.82) is 0 Å². The summed E-state index contributed by atoms with van der Waals surface area (Å²) in [6.07, 6.45) is 0. The minimum atomic E-state index is -0.193. The van der Waals surface area contributed by atoms with Crippen LogP contribution >= 0.6 is 0 Å². The second-order valence-electron chi connectivity index (χ2n) is 13.4. The van der Waals surface area contributed by atoms with Gasteiger partial charge in [0, 0.05) is 22.1 Å². The Morgan fingerprint density at radius 2 is 0.939 bits per heavy atom. The summed E-state index contributed by atoms with van der Waals surface area (Å²) in [5, 5.41) is 2.55. The first-order chi connectivity index (χ1) is 24.0. The van der Waals surface area contributed by atoms with E-state index in [-0.39, 0.29) is 5.41 Å². The van der Waals surface area contributed by atoms with Crippen molar-refractivity contribution in [3.05, 3.63) is 181 Å². The molecule has 0 N–H and O–H groups in total. The van der Waals surface area contributed by atoms with Crippen LogP contribution in [0.4, 0.5) is 0 Å². The van der Waals surface area contributed by atoms with Crippen LogP contribution in [-0.4, -0.2) is 9.97 Å². The highest BCUT2D eigenvalue weighted by atomic mass is 14.9. The molecule has 1 heterocycles. The van der Waals surface area contributed by atoms with Crippen LogP contribution in [0.25, 0.3) is 78.1 Å². The Kier molecular flexibility index (Phi) is 6.84. The topological polar surface area (TPSA) is 25.8 Å². The fourth-order valence-electron chi connectivity index (χ4n) is 7.64. The zero-order chi connectivity index (χ0) is 33.0. The lowest BCUT2D eigenvalue weighted by molar-refractivity contribution is 0.666. The lowest BCUT2D eigenvalue weighted by atomic mass is 9.80. The molecule has 0 fully saturated rings. The molecule has 0 unspecified atom stereocenters. The molecule has 0 saturated carbocycles. The zero-order valence-electron chi connectivity index (χ0n) is 27.6. The zero-order valence-corrected chi connectivity index (χ0v) is 27.6. The van der Waals surface area contributed by atoms with E-state index in [1.165, 1.54) is 55.3 Å². The highest BCUT2D eigenvalue weighted by molar-refractivity contribution is 6.02. The van der Waals surface area contributed by atoms with Gasteiger partial charge < -0.3 is 0 Å². The van der Waals surface area contributed by atoms with Crippen molar-refractivity contribution in [1.82, 2.24) is 9.97 Å². The first kappa shape index (κ1) is 29.1. The van der Waals surface area contributed by atoms with E-state index in [9.17, 15) is 0 Å². The highest BCUT2D eigenvalue weighted by Crippen LogP contribution is 2.54. The number of fused-ring (bicyclic) bond motifs is 5. The predicted octanol–water partition coefficient (Wildman–Crippen LogP) is 12.3. The van der Waals surface area contributed by atoms with Crippen LogP contribution in [0.1, 0.15) is 25.0 Å². The average molecular weight is 627 g/mol. The lowest BCUT2D eigenvalue weighted by Gasteiger charge is -2.23. The Labute approximate surface area is 287 Å². The molecule has 7 aromatic carbocycles. The third-order valence-corrected chi connectivity index (χ3v) is 10.1. The SMILES string of the molecule is CC1(C)c2cccc(-c3nc(-c4ccccc4)cc(-c4ccc(-c5ccccc5)cc4)n3)c2-c2ccc3cc(-c4ccccc4)ccc3c21. The van der Waals surface area contributed by atoms with Gasteiger partial charge in [-0.3, -0.25) is 0 Å². The van der Waals surface area contributed by atoms with Crippen LogP contribution in [0.5, 0.6) is 0 Å².